The van der Waals surface area contributed by atoms with Gasteiger partial charge in [0.2, 0.25) is 0 Å². The average molecular weight is 367 g/mol. The molecule has 1 saturated heterocycles. The molecule has 1 N–H and O–H groups in total. The number of methoxy groups -OCH3 is 1. The van der Waals surface area contributed by atoms with E-state index in [0.29, 0.717) is 12.5 Å². The Balaban J connectivity index is 1.68. The van der Waals surface area contributed by atoms with Crippen molar-refractivity contribution in [1.82, 2.24) is 9.80 Å². The van der Waals surface area contributed by atoms with Crippen molar-refractivity contribution < 1.29 is 9.53 Å². The summed E-state index contributed by atoms with van der Waals surface area (Å²) in [6, 6.07) is 15.8. The minimum atomic E-state index is -0.0326. The molecule has 0 saturated carbocycles. The van der Waals surface area contributed by atoms with Crippen LogP contribution >= 0.6 is 0 Å². The van der Waals surface area contributed by atoms with Crippen molar-refractivity contribution in [1.29, 1.82) is 0 Å². The Morgan fingerprint density at radius 3 is 2.63 bits per heavy atom. The summed E-state index contributed by atoms with van der Waals surface area (Å²) in [5.41, 5.74) is 2.92. The summed E-state index contributed by atoms with van der Waals surface area (Å²) in [5.74, 6) is 1.38. The number of amides is 2. The molecule has 3 rings (SSSR count). The molecule has 1 unspecified atom stereocenters. The van der Waals surface area contributed by atoms with Crippen molar-refractivity contribution in [3.05, 3.63) is 48.5 Å². The summed E-state index contributed by atoms with van der Waals surface area (Å²) in [5, 5.41) is 3.06. The van der Waals surface area contributed by atoms with Crippen molar-refractivity contribution >= 4 is 11.7 Å². The molecule has 1 fully saturated rings. The van der Waals surface area contributed by atoms with Gasteiger partial charge < -0.3 is 19.9 Å². The monoisotopic (exact) mass is 367 g/mol. The number of hydrogen-bond donors (Lipinski definition) is 1. The third kappa shape index (κ3) is 5.01. The van der Waals surface area contributed by atoms with Crippen LogP contribution in [0, 0.1) is 5.92 Å². The Morgan fingerprint density at radius 1 is 1.22 bits per heavy atom. The number of rotatable bonds is 6. The first-order chi connectivity index (χ1) is 13.1. The highest BCUT2D eigenvalue weighted by Crippen LogP contribution is 2.26. The van der Waals surface area contributed by atoms with Gasteiger partial charge in [0.1, 0.15) is 5.75 Å². The number of likely N-dealkylation sites (tertiary alicyclic amines) is 1. The number of nitrogens with zero attached hydrogens (tertiary/aromatic N) is 2. The lowest BCUT2D eigenvalue weighted by Gasteiger charge is -2.24. The smallest absolute Gasteiger partial charge is 0.321 e. The highest BCUT2D eigenvalue weighted by Gasteiger charge is 2.23. The van der Waals surface area contributed by atoms with Crippen LogP contribution in [0.1, 0.15) is 13.3 Å². The zero-order valence-electron chi connectivity index (χ0n) is 16.4. The maximum Gasteiger partial charge on any atom is 0.321 e. The third-order valence-electron chi connectivity index (χ3n) is 5.15. The lowest BCUT2D eigenvalue weighted by atomic mass is 10.0. The van der Waals surface area contributed by atoms with Crippen LogP contribution in [0.2, 0.25) is 0 Å². The number of carbonyl (C=O) groups is 1. The van der Waals surface area contributed by atoms with Gasteiger partial charge in [0, 0.05) is 25.3 Å². The zero-order chi connectivity index (χ0) is 19.2. The van der Waals surface area contributed by atoms with E-state index in [1.54, 1.807) is 7.11 Å². The Hall–Kier alpha value is -2.53. The molecule has 0 aliphatic carbocycles. The summed E-state index contributed by atoms with van der Waals surface area (Å²) in [6.45, 7) is 5.73. The summed E-state index contributed by atoms with van der Waals surface area (Å²) in [6.07, 6.45) is 1.16. The average Bonchev–Trinajstić information content (AvgIpc) is 3.11. The number of anilines is 1. The van der Waals surface area contributed by atoms with E-state index in [1.807, 2.05) is 60.4 Å². The van der Waals surface area contributed by atoms with Crippen LogP contribution in [0.5, 0.6) is 5.75 Å². The second kappa shape index (κ2) is 8.91. The number of carbonyl (C=O) groups excluding carboxylic acids is 1. The number of urea groups is 1. The fraction of sp³-hybridized carbons (Fsp3) is 0.409. The molecular weight excluding hydrogens is 338 g/mol. The molecule has 144 valence electrons. The van der Waals surface area contributed by atoms with E-state index in [1.165, 1.54) is 0 Å². The van der Waals surface area contributed by atoms with E-state index < -0.39 is 0 Å². The summed E-state index contributed by atoms with van der Waals surface area (Å²) < 4.78 is 5.31. The van der Waals surface area contributed by atoms with Gasteiger partial charge in [-0.2, -0.15) is 0 Å². The first-order valence-electron chi connectivity index (χ1n) is 9.58. The van der Waals surface area contributed by atoms with Crippen molar-refractivity contribution in [3.8, 4) is 16.9 Å². The Bertz CT molecular complexity index is 778. The maximum atomic E-state index is 12.7. The number of benzene rings is 2. The van der Waals surface area contributed by atoms with Gasteiger partial charge in [0.25, 0.3) is 0 Å². The van der Waals surface area contributed by atoms with Gasteiger partial charge >= 0.3 is 6.03 Å². The van der Waals surface area contributed by atoms with Crippen LogP contribution in [-0.4, -0.2) is 56.2 Å². The zero-order valence-corrected chi connectivity index (χ0v) is 16.4. The lowest BCUT2D eigenvalue weighted by molar-refractivity contribution is 0.204. The van der Waals surface area contributed by atoms with Crippen molar-refractivity contribution in [2.45, 2.75) is 13.3 Å². The van der Waals surface area contributed by atoms with Gasteiger partial charge in [0.05, 0.1) is 7.11 Å². The molecule has 0 bridgehead atoms. The first-order valence-corrected chi connectivity index (χ1v) is 9.58. The second-order valence-corrected chi connectivity index (χ2v) is 7.20. The third-order valence-corrected chi connectivity index (χ3v) is 5.15. The molecule has 0 spiro atoms. The van der Waals surface area contributed by atoms with Crippen LogP contribution < -0.4 is 10.1 Å². The molecule has 2 aromatic rings. The SMILES string of the molecule is CCN(CC1CCN(C)C1)C(=O)Nc1cccc(-c2cccc(OC)c2)c1. The molecule has 27 heavy (non-hydrogen) atoms. The van der Waals surface area contributed by atoms with Crippen molar-refractivity contribution in [2.24, 2.45) is 5.92 Å². The first kappa shape index (κ1) is 19.2. The Kier molecular flexibility index (Phi) is 6.35. The van der Waals surface area contributed by atoms with Gasteiger partial charge in [-0.3, -0.25) is 0 Å². The number of ether oxygens (including phenoxy) is 1. The van der Waals surface area contributed by atoms with E-state index in [4.69, 9.17) is 4.74 Å². The second-order valence-electron chi connectivity index (χ2n) is 7.20. The fourth-order valence-corrected chi connectivity index (χ4v) is 3.62. The molecule has 0 aromatic heterocycles. The standard InChI is InChI=1S/C22H29N3O2/c1-4-25(16-17-11-12-24(2)15-17)22(26)23-20-9-5-7-18(13-20)19-8-6-10-21(14-19)27-3/h5-10,13-14,17H,4,11-12,15-16H2,1-3H3,(H,23,26). The summed E-state index contributed by atoms with van der Waals surface area (Å²) in [7, 11) is 3.80. The van der Waals surface area contributed by atoms with E-state index in [2.05, 4.69) is 17.3 Å². The molecule has 5 nitrogen and oxygen atoms in total. The summed E-state index contributed by atoms with van der Waals surface area (Å²) >= 11 is 0. The highest BCUT2D eigenvalue weighted by atomic mass is 16.5. The van der Waals surface area contributed by atoms with E-state index in [-0.39, 0.29) is 6.03 Å². The summed E-state index contributed by atoms with van der Waals surface area (Å²) in [4.78, 5) is 17.0. The van der Waals surface area contributed by atoms with Crippen LogP contribution in [0.3, 0.4) is 0 Å². The normalized spacial score (nSPS) is 16.9. The van der Waals surface area contributed by atoms with Gasteiger partial charge in [-0.1, -0.05) is 24.3 Å². The minimum absolute atomic E-state index is 0.0326. The number of hydrogen-bond acceptors (Lipinski definition) is 3. The highest BCUT2D eigenvalue weighted by molar-refractivity contribution is 5.90. The van der Waals surface area contributed by atoms with Gasteiger partial charge in [-0.25, -0.2) is 4.79 Å². The van der Waals surface area contributed by atoms with Gasteiger partial charge in [0.15, 0.2) is 0 Å². The molecule has 5 heteroatoms. The van der Waals surface area contributed by atoms with Gasteiger partial charge in [-0.05, 0) is 68.2 Å². The molecule has 1 aliphatic heterocycles. The lowest BCUT2D eigenvalue weighted by Crippen LogP contribution is -2.38. The molecule has 2 aromatic carbocycles. The molecule has 0 radical (unpaired) electrons. The maximum absolute atomic E-state index is 12.7. The van der Waals surface area contributed by atoms with Crippen LogP contribution in [0.15, 0.2) is 48.5 Å². The molecule has 1 aliphatic rings. The molecule has 2 amide bonds. The largest absolute Gasteiger partial charge is 0.497 e. The minimum Gasteiger partial charge on any atom is -0.497 e. The Morgan fingerprint density at radius 2 is 1.96 bits per heavy atom. The van der Waals surface area contributed by atoms with Crippen molar-refractivity contribution in [2.75, 3.05) is 45.7 Å². The topological polar surface area (TPSA) is 44.8 Å². The fourth-order valence-electron chi connectivity index (χ4n) is 3.62. The molecular formula is C22H29N3O2. The predicted octanol–water partition coefficient (Wildman–Crippen LogP) is 4.17. The van der Waals surface area contributed by atoms with Crippen molar-refractivity contribution in [3.63, 3.8) is 0 Å². The predicted molar refractivity (Wildman–Crippen MR) is 110 cm³/mol. The van der Waals surface area contributed by atoms with E-state index in [9.17, 15) is 4.79 Å². The Labute approximate surface area is 161 Å². The van der Waals surface area contributed by atoms with Gasteiger partial charge in [-0.15, -0.1) is 0 Å². The van der Waals surface area contributed by atoms with E-state index in [0.717, 1.165) is 48.6 Å². The molecule has 1 atom stereocenters. The quantitative estimate of drug-likeness (QED) is 0.833. The van der Waals surface area contributed by atoms with Crippen LogP contribution in [-0.2, 0) is 0 Å². The van der Waals surface area contributed by atoms with Crippen LogP contribution in [0.25, 0.3) is 11.1 Å². The van der Waals surface area contributed by atoms with E-state index >= 15 is 0 Å². The van der Waals surface area contributed by atoms with Crippen LogP contribution in [0.4, 0.5) is 10.5 Å². The number of nitrogens with one attached hydrogen (secondary N) is 1. The molecule has 1 heterocycles.